The molecule has 1 heterocycles. The van der Waals surface area contributed by atoms with E-state index in [0.717, 1.165) is 0 Å². The highest BCUT2D eigenvalue weighted by Crippen LogP contribution is 2.32. The summed E-state index contributed by atoms with van der Waals surface area (Å²) in [5.41, 5.74) is 1.16. The molecule has 2 aliphatic rings. The van der Waals surface area contributed by atoms with Crippen molar-refractivity contribution < 1.29 is 13.9 Å². The first kappa shape index (κ1) is 12.7. The van der Waals surface area contributed by atoms with Crippen LogP contribution in [0.2, 0.25) is 5.02 Å². The van der Waals surface area contributed by atoms with Crippen LogP contribution in [0.5, 0.6) is 11.5 Å². The van der Waals surface area contributed by atoms with E-state index in [1.165, 1.54) is 13.2 Å². The molecular formula is C14H10ClNO4. The molecule has 3 rings (SSSR count). The van der Waals surface area contributed by atoms with Gasteiger partial charge in [0.1, 0.15) is 22.0 Å². The number of halogens is 1. The number of nitrogens with zero attached hydrogens (tertiary/aromatic N) is 1. The van der Waals surface area contributed by atoms with Crippen molar-refractivity contribution in [1.29, 1.82) is 0 Å². The second-order valence-corrected chi connectivity index (χ2v) is 4.50. The van der Waals surface area contributed by atoms with Gasteiger partial charge in [-0.3, -0.25) is 4.79 Å². The normalized spacial score (nSPS) is 10.9. The average molecular weight is 292 g/mol. The van der Waals surface area contributed by atoms with Crippen LogP contribution in [0.25, 0.3) is 22.6 Å². The van der Waals surface area contributed by atoms with Crippen molar-refractivity contribution in [2.75, 3.05) is 14.2 Å². The quantitative estimate of drug-likeness (QED) is 0.679. The number of fused-ring (bicyclic) bond motifs is 2. The van der Waals surface area contributed by atoms with Crippen LogP contribution >= 0.6 is 11.6 Å². The summed E-state index contributed by atoms with van der Waals surface area (Å²) < 4.78 is 15.8. The Morgan fingerprint density at radius 2 is 2.00 bits per heavy atom. The molecular weight excluding hydrogens is 282 g/mol. The van der Waals surface area contributed by atoms with E-state index in [0.29, 0.717) is 22.5 Å². The van der Waals surface area contributed by atoms with Gasteiger partial charge in [-0.05, 0) is 12.1 Å². The lowest BCUT2D eigenvalue weighted by molar-refractivity contribution is 0.410. The molecule has 1 aromatic carbocycles. The fraction of sp³-hybridized carbons (Fsp3) is 0.143. The van der Waals surface area contributed by atoms with Crippen molar-refractivity contribution in [2.45, 2.75) is 0 Å². The third-order valence-electron chi connectivity index (χ3n) is 2.96. The van der Waals surface area contributed by atoms with Crippen LogP contribution in [0.3, 0.4) is 0 Å². The standard InChI is InChI=1S/C14H10ClNO4/c1-18-7-3-4-8-10(5-7)20-14-9(16-8)6-11(19-2)13(17)12(14)15/h3-6H,1-2H3. The lowest BCUT2D eigenvalue weighted by Gasteiger charge is -2.10. The maximum atomic E-state index is 11.9. The highest BCUT2D eigenvalue weighted by molar-refractivity contribution is 6.33. The third-order valence-corrected chi connectivity index (χ3v) is 3.31. The molecule has 20 heavy (non-hydrogen) atoms. The lowest BCUT2D eigenvalue weighted by Crippen LogP contribution is -2.08. The average Bonchev–Trinajstić information content (AvgIpc) is 2.48. The number of aromatic nitrogens is 1. The Morgan fingerprint density at radius 3 is 2.70 bits per heavy atom. The minimum Gasteiger partial charge on any atom is -0.497 e. The van der Waals surface area contributed by atoms with Crippen molar-refractivity contribution in [3.8, 4) is 23.0 Å². The topological polar surface area (TPSA) is 61.6 Å². The van der Waals surface area contributed by atoms with Gasteiger partial charge in [0.25, 0.3) is 0 Å². The molecule has 0 amide bonds. The van der Waals surface area contributed by atoms with Gasteiger partial charge in [0.15, 0.2) is 17.1 Å². The van der Waals surface area contributed by atoms with E-state index in [4.69, 9.17) is 25.5 Å². The number of benzene rings is 2. The van der Waals surface area contributed by atoms with Crippen molar-refractivity contribution >= 4 is 22.7 Å². The van der Waals surface area contributed by atoms with Gasteiger partial charge in [-0.2, -0.15) is 0 Å². The number of hydrogen-bond donors (Lipinski definition) is 0. The van der Waals surface area contributed by atoms with E-state index in [-0.39, 0.29) is 16.5 Å². The first-order chi connectivity index (χ1) is 9.63. The number of methoxy groups -OCH3 is 2. The molecule has 0 fully saturated rings. The summed E-state index contributed by atoms with van der Waals surface area (Å²) in [4.78, 5) is 16.3. The van der Waals surface area contributed by atoms with Crippen LogP contribution in [-0.4, -0.2) is 19.2 Å². The van der Waals surface area contributed by atoms with E-state index in [1.54, 1.807) is 25.3 Å². The number of rotatable bonds is 2. The molecule has 0 N–H and O–H groups in total. The molecule has 0 spiro atoms. The highest BCUT2D eigenvalue weighted by atomic mass is 35.5. The Bertz CT molecular complexity index is 827. The van der Waals surface area contributed by atoms with Crippen LogP contribution in [0.4, 0.5) is 0 Å². The molecule has 1 aliphatic carbocycles. The number of ether oxygens (including phenoxy) is 2. The molecule has 0 unspecified atom stereocenters. The van der Waals surface area contributed by atoms with Gasteiger partial charge in [0.05, 0.1) is 14.2 Å². The van der Waals surface area contributed by atoms with Crippen molar-refractivity contribution in [1.82, 2.24) is 4.98 Å². The molecule has 0 aromatic heterocycles. The smallest absolute Gasteiger partial charge is 0.242 e. The van der Waals surface area contributed by atoms with Gasteiger partial charge >= 0.3 is 0 Å². The molecule has 0 radical (unpaired) electrons. The first-order valence-corrected chi connectivity index (χ1v) is 6.17. The largest absolute Gasteiger partial charge is 0.497 e. The first-order valence-electron chi connectivity index (χ1n) is 5.79. The Morgan fingerprint density at radius 1 is 1.20 bits per heavy atom. The molecule has 0 atom stereocenters. The Hall–Kier alpha value is -2.27. The Labute approximate surface area is 119 Å². The predicted octanol–water partition coefficient (Wildman–Crippen LogP) is 2.96. The molecule has 0 bridgehead atoms. The van der Waals surface area contributed by atoms with E-state index < -0.39 is 5.43 Å². The van der Waals surface area contributed by atoms with Crippen molar-refractivity contribution in [3.05, 3.63) is 39.5 Å². The SMILES string of the molecule is COc1ccc2nc3cc(OC)c(=O)c(Cl)c-3oc2c1. The summed E-state index contributed by atoms with van der Waals surface area (Å²) in [6.45, 7) is 0. The molecule has 0 saturated carbocycles. The summed E-state index contributed by atoms with van der Waals surface area (Å²) in [5, 5.41) is -0.0448. The molecule has 102 valence electrons. The van der Waals surface area contributed by atoms with Crippen molar-refractivity contribution in [3.63, 3.8) is 0 Å². The molecule has 6 heteroatoms. The maximum absolute atomic E-state index is 11.9. The van der Waals surface area contributed by atoms with Gasteiger partial charge in [0, 0.05) is 12.1 Å². The Kier molecular flexibility index (Phi) is 2.99. The maximum Gasteiger partial charge on any atom is 0.242 e. The second kappa shape index (κ2) is 4.68. The van der Waals surface area contributed by atoms with E-state index >= 15 is 0 Å². The number of hydrogen-bond acceptors (Lipinski definition) is 5. The third kappa shape index (κ3) is 1.87. The summed E-state index contributed by atoms with van der Waals surface area (Å²) in [6.07, 6.45) is 0. The zero-order chi connectivity index (χ0) is 14.3. The summed E-state index contributed by atoms with van der Waals surface area (Å²) in [7, 11) is 2.96. The molecule has 1 aliphatic heterocycles. The fourth-order valence-corrected chi connectivity index (χ4v) is 2.17. The van der Waals surface area contributed by atoms with Gasteiger partial charge in [-0.1, -0.05) is 11.6 Å². The van der Waals surface area contributed by atoms with Gasteiger partial charge in [-0.25, -0.2) is 4.98 Å². The summed E-state index contributed by atoms with van der Waals surface area (Å²) >= 11 is 6.03. The molecule has 0 saturated heterocycles. The molecule has 5 nitrogen and oxygen atoms in total. The van der Waals surface area contributed by atoms with E-state index in [9.17, 15) is 4.79 Å². The van der Waals surface area contributed by atoms with E-state index in [2.05, 4.69) is 4.98 Å². The zero-order valence-electron chi connectivity index (χ0n) is 10.8. The summed E-state index contributed by atoms with van der Waals surface area (Å²) in [6, 6.07) is 6.74. The van der Waals surface area contributed by atoms with Gasteiger partial charge < -0.3 is 13.9 Å². The van der Waals surface area contributed by atoms with Crippen molar-refractivity contribution in [2.24, 2.45) is 0 Å². The Balaban J connectivity index is 2.39. The van der Waals surface area contributed by atoms with Crippen LogP contribution in [0.15, 0.2) is 33.5 Å². The lowest BCUT2D eigenvalue weighted by atomic mass is 10.2. The zero-order valence-corrected chi connectivity index (χ0v) is 11.5. The van der Waals surface area contributed by atoms with Crippen LogP contribution in [0.1, 0.15) is 0 Å². The highest BCUT2D eigenvalue weighted by Gasteiger charge is 2.19. The monoisotopic (exact) mass is 291 g/mol. The van der Waals surface area contributed by atoms with Crippen LogP contribution in [-0.2, 0) is 0 Å². The fourth-order valence-electron chi connectivity index (χ4n) is 1.95. The minimum atomic E-state index is -0.422. The predicted molar refractivity (Wildman–Crippen MR) is 75.0 cm³/mol. The van der Waals surface area contributed by atoms with Gasteiger partial charge in [-0.15, -0.1) is 0 Å². The van der Waals surface area contributed by atoms with E-state index in [1.807, 2.05) is 0 Å². The van der Waals surface area contributed by atoms with Crippen LogP contribution < -0.4 is 14.9 Å². The van der Waals surface area contributed by atoms with Gasteiger partial charge in [0.2, 0.25) is 5.43 Å². The summed E-state index contributed by atoms with van der Waals surface area (Å²) in [5.74, 6) is 1.01. The minimum absolute atomic E-state index is 0.0448. The second-order valence-electron chi connectivity index (χ2n) is 4.12. The molecule has 1 aromatic rings. The van der Waals surface area contributed by atoms with Crippen LogP contribution in [0, 0.1) is 0 Å².